The molecule has 126 valence electrons. The van der Waals surface area contributed by atoms with E-state index < -0.39 is 10.0 Å². The Morgan fingerprint density at radius 1 is 1.17 bits per heavy atom. The van der Waals surface area contributed by atoms with Gasteiger partial charge < -0.3 is 4.57 Å². The molecule has 23 heavy (non-hydrogen) atoms. The van der Waals surface area contributed by atoms with Gasteiger partial charge in [-0.15, -0.1) is 0 Å². The standard InChI is InChI=1S/C17H23FN2O2S/c1-12(2)20-13(3)9-16(14(20)4)10-19-23(21,22)11-15-5-7-17(18)8-6-15/h5-9,12,19H,10-11H2,1-4H3. The van der Waals surface area contributed by atoms with Crippen LogP contribution in [0, 0.1) is 19.7 Å². The van der Waals surface area contributed by atoms with Crippen molar-refractivity contribution in [2.45, 2.75) is 46.0 Å². The molecular weight excluding hydrogens is 315 g/mol. The monoisotopic (exact) mass is 338 g/mol. The molecule has 0 aliphatic carbocycles. The molecule has 0 fully saturated rings. The molecule has 0 aliphatic heterocycles. The quantitative estimate of drug-likeness (QED) is 0.877. The van der Waals surface area contributed by atoms with Crippen molar-refractivity contribution in [2.75, 3.05) is 0 Å². The van der Waals surface area contributed by atoms with Crippen LogP contribution in [-0.2, 0) is 22.3 Å². The highest BCUT2D eigenvalue weighted by molar-refractivity contribution is 7.88. The van der Waals surface area contributed by atoms with Crippen LogP contribution in [0.2, 0.25) is 0 Å². The predicted molar refractivity (Wildman–Crippen MR) is 90.2 cm³/mol. The molecule has 0 saturated heterocycles. The van der Waals surface area contributed by atoms with Gasteiger partial charge in [-0.05, 0) is 57.0 Å². The molecule has 2 rings (SSSR count). The van der Waals surface area contributed by atoms with E-state index in [0.717, 1.165) is 17.0 Å². The topological polar surface area (TPSA) is 51.1 Å². The van der Waals surface area contributed by atoms with E-state index in [1.54, 1.807) is 0 Å². The summed E-state index contributed by atoms with van der Waals surface area (Å²) in [6.07, 6.45) is 0. The Bertz CT molecular complexity index is 778. The maximum Gasteiger partial charge on any atom is 0.216 e. The third-order valence-corrected chi connectivity index (χ3v) is 5.16. The van der Waals surface area contributed by atoms with Crippen molar-refractivity contribution < 1.29 is 12.8 Å². The van der Waals surface area contributed by atoms with Gasteiger partial charge in [0.1, 0.15) is 5.82 Å². The molecule has 4 nitrogen and oxygen atoms in total. The fourth-order valence-electron chi connectivity index (χ4n) is 2.86. The Kier molecular flexibility index (Phi) is 5.26. The fraction of sp³-hybridized carbons (Fsp3) is 0.412. The lowest BCUT2D eigenvalue weighted by Gasteiger charge is -2.14. The van der Waals surface area contributed by atoms with Crippen LogP contribution in [0.1, 0.15) is 42.4 Å². The van der Waals surface area contributed by atoms with E-state index >= 15 is 0 Å². The first-order valence-electron chi connectivity index (χ1n) is 7.58. The Hall–Kier alpha value is -1.66. The third-order valence-electron chi connectivity index (χ3n) is 3.86. The number of nitrogens with zero attached hydrogens (tertiary/aromatic N) is 1. The summed E-state index contributed by atoms with van der Waals surface area (Å²) in [6.45, 7) is 8.47. The molecule has 1 aromatic carbocycles. The van der Waals surface area contributed by atoms with Crippen LogP contribution in [0.4, 0.5) is 4.39 Å². The molecule has 0 atom stereocenters. The molecule has 1 heterocycles. The first kappa shape index (κ1) is 17.7. The molecule has 0 amide bonds. The van der Waals surface area contributed by atoms with Gasteiger partial charge in [0.15, 0.2) is 0 Å². The minimum absolute atomic E-state index is 0.157. The van der Waals surface area contributed by atoms with Crippen molar-refractivity contribution >= 4 is 10.0 Å². The summed E-state index contributed by atoms with van der Waals surface area (Å²) < 4.78 is 42.0. The molecule has 0 spiro atoms. The van der Waals surface area contributed by atoms with Crippen LogP contribution in [0.3, 0.4) is 0 Å². The number of aromatic nitrogens is 1. The highest BCUT2D eigenvalue weighted by atomic mass is 32.2. The van der Waals surface area contributed by atoms with E-state index in [-0.39, 0.29) is 18.1 Å². The Morgan fingerprint density at radius 3 is 2.30 bits per heavy atom. The zero-order valence-corrected chi connectivity index (χ0v) is 14.7. The van der Waals surface area contributed by atoms with Gasteiger partial charge in [-0.2, -0.15) is 0 Å². The minimum atomic E-state index is -3.47. The number of nitrogens with one attached hydrogen (secondary N) is 1. The third kappa shape index (κ3) is 4.42. The number of aryl methyl sites for hydroxylation is 1. The number of rotatable bonds is 6. The predicted octanol–water partition coefficient (Wildman–Crippen LogP) is 3.44. The van der Waals surface area contributed by atoms with Gasteiger partial charge in [-0.25, -0.2) is 17.5 Å². The first-order valence-corrected chi connectivity index (χ1v) is 9.24. The van der Waals surface area contributed by atoms with E-state index in [1.807, 2.05) is 19.9 Å². The average Bonchev–Trinajstić information content (AvgIpc) is 2.73. The molecule has 2 aromatic rings. The largest absolute Gasteiger partial charge is 0.346 e. The van der Waals surface area contributed by atoms with Gasteiger partial charge >= 0.3 is 0 Å². The van der Waals surface area contributed by atoms with Crippen molar-refractivity contribution in [3.63, 3.8) is 0 Å². The second-order valence-electron chi connectivity index (χ2n) is 6.07. The summed E-state index contributed by atoms with van der Waals surface area (Å²) in [5.41, 5.74) is 3.72. The number of benzene rings is 1. The van der Waals surface area contributed by atoms with Gasteiger partial charge in [0.2, 0.25) is 10.0 Å². The van der Waals surface area contributed by atoms with E-state index in [9.17, 15) is 12.8 Å². The molecular formula is C17H23FN2O2S. The van der Waals surface area contributed by atoms with E-state index in [0.29, 0.717) is 11.6 Å². The Labute approximate surface area is 137 Å². The smallest absolute Gasteiger partial charge is 0.216 e. The summed E-state index contributed by atoms with van der Waals surface area (Å²) in [5.74, 6) is -0.531. The molecule has 1 N–H and O–H groups in total. The summed E-state index contributed by atoms with van der Waals surface area (Å²) >= 11 is 0. The molecule has 0 radical (unpaired) electrons. The summed E-state index contributed by atoms with van der Waals surface area (Å²) in [4.78, 5) is 0. The van der Waals surface area contributed by atoms with E-state index in [1.165, 1.54) is 24.3 Å². The second kappa shape index (κ2) is 6.84. The van der Waals surface area contributed by atoms with E-state index in [4.69, 9.17) is 0 Å². The van der Waals surface area contributed by atoms with Crippen LogP contribution in [0.15, 0.2) is 30.3 Å². The molecule has 0 bridgehead atoms. The summed E-state index contributed by atoms with van der Waals surface area (Å²) in [6, 6.07) is 7.84. The molecule has 0 unspecified atom stereocenters. The lowest BCUT2D eigenvalue weighted by molar-refractivity contribution is 0.570. The number of sulfonamides is 1. The SMILES string of the molecule is Cc1cc(CNS(=O)(=O)Cc2ccc(F)cc2)c(C)n1C(C)C. The van der Waals surface area contributed by atoms with Crippen LogP contribution < -0.4 is 4.72 Å². The number of hydrogen-bond acceptors (Lipinski definition) is 2. The van der Waals surface area contributed by atoms with Gasteiger partial charge in [0.25, 0.3) is 0 Å². The zero-order chi connectivity index (χ0) is 17.2. The van der Waals surface area contributed by atoms with Gasteiger partial charge in [0, 0.05) is 24.0 Å². The second-order valence-corrected chi connectivity index (χ2v) is 7.87. The molecule has 6 heteroatoms. The summed E-state index contributed by atoms with van der Waals surface area (Å²) in [7, 11) is -3.47. The molecule has 0 saturated carbocycles. The Morgan fingerprint density at radius 2 is 1.78 bits per heavy atom. The zero-order valence-electron chi connectivity index (χ0n) is 13.9. The highest BCUT2D eigenvalue weighted by Gasteiger charge is 2.15. The maximum atomic E-state index is 12.9. The van der Waals surface area contributed by atoms with Crippen LogP contribution >= 0.6 is 0 Å². The first-order chi connectivity index (χ1) is 10.7. The highest BCUT2D eigenvalue weighted by Crippen LogP contribution is 2.20. The molecule has 1 aromatic heterocycles. The van der Waals surface area contributed by atoms with Crippen LogP contribution in [0.25, 0.3) is 0 Å². The minimum Gasteiger partial charge on any atom is -0.346 e. The fourth-order valence-corrected chi connectivity index (χ4v) is 3.97. The van der Waals surface area contributed by atoms with E-state index in [2.05, 4.69) is 23.1 Å². The lowest BCUT2D eigenvalue weighted by atomic mass is 10.2. The van der Waals surface area contributed by atoms with Crippen molar-refractivity contribution in [1.82, 2.24) is 9.29 Å². The van der Waals surface area contributed by atoms with Gasteiger partial charge in [-0.1, -0.05) is 12.1 Å². The maximum absolute atomic E-state index is 12.9. The number of halogens is 1. The normalized spacial score (nSPS) is 12.1. The number of hydrogen-bond donors (Lipinski definition) is 1. The van der Waals surface area contributed by atoms with Crippen molar-refractivity contribution in [1.29, 1.82) is 0 Å². The van der Waals surface area contributed by atoms with Crippen LogP contribution in [0.5, 0.6) is 0 Å². The summed E-state index contributed by atoms with van der Waals surface area (Å²) in [5, 5.41) is 0. The average molecular weight is 338 g/mol. The van der Waals surface area contributed by atoms with Crippen molar-refractivity contribution in [3.05, 3.63) is 58.7 Å². The van der Waals surface area contributed by atoms with Crippen molar-refractivity contribution in [3.8, 4) is 0 Å². The Balaban J connectivity index is 2.08. The van der Waals surface area contributed by atoms with Gasteiger partial charge in [-0.3, -0.25) is 0 Å². The van der Waals surface area contributed by atoms with Crippen LogP contribution in [-0.4, -0.2) is 13.0 Å². The lowest BCUT2D eigenvalue weighted by Crippen LogP contribution is -2.25. The molecule has 0 aliphatic rings. The van der Waals surface area contributed by atoms with Crippen molar-refractivity contribution in [2.24, 2.45) is 0 Å². The van der Waals surface area contributed by atoms with Gasteiger partial charge in [0.05, 0.1) is 5.75 Å².